The molecule has 0 unspecified atom stereocenters. The van der Waals surface area contributed by atoms with E-state index in [-0.39, 0.29) is 0 Å². The number of nitrogens with one attached hydrogen (secondary N) is 1. The van der Waals surface area contributed by atoms with Crippen LogP contribution in [0.15, 0.2) is 24.3 Å². The standard InChI is InChI=1S/C15H20N2S/c1-16-9-15-13(10-17(2)11-7-8-11)12-5-3-4-6-14(12)18-15/h3-6,11,16H,7-10H2,1-2H3. The van der Waals surface area contributed by atoms with Crippen molar-refractivity contribution in [3.8, 4) is 0 Å². The highest BCUT2D eigenvalue weighted by Gasteiger charge is 2.27. The van der Waals surface area contributed by atoms with E-state index in [0.717, 1.165) is 19.1 Å². The summed E-state index contributed by atoms with van der Waals surface area (Å²) in [5.74, 6) is 0. The van der Waals surface area contributed by atoms with Gasteiger partial charge in [-0.1, -0.05) is 18.2 Å². The van der Waals surface area contributed by atoms with Gasteiger partial charge in [-0.3, -0.25) is 4.90 Å². The van der Waals surface area contributed by atoms with Crippen LogP contribution in [0.25, 0.3) is 10.1 Å². The highest BCUT2D eigenvalue weighted by molar-refractivity contribution is 7.19. The number of thiophene rings is 1. The van der Waals surface area contributed by atoms with E-state index in [1.165, 1.54) is 33.4 Å². The number of hydrogen-bond donors (Lipinski definition) is 1. The molecule has 0 atom stereocenters. The average molecular weight is 260 g/mol. The van der Waals surface area contributed by atoms with E-state index >= 15 is 0 Å². The molecule has 1 aliphatic carbocycles. The fourth-order valence-electron chi connectivity index (χ4n) is 2.52. The van der Waals surface area contributed by atoms with Gasteiger partial charge in [0.15, 0.2) is 0 Å². The van der Waals surface area contributed by atoms with Crippen molar-refractivity contribution in [1.29, 1.82) is 0 Å². The third-order valence-corrected chi connectivity index (χ3v) is 4.91. The van der Waals surface area contributed by atoms with Gasteiger partial charge >= 0.3 is 0 Å². The Morgan fingerprint density at radius 1 is 1.33 bits per heavy atom. The zero-order valence-electron chi connectivity index (χ0n) is 11.1. The second-order valence-electron chi connectivity index (χ2n) is 5.18. The van der Waals surface area contributed by atoms with Crippen molar-refractivity contribution in [3.63, 3.8) is 0 Å². The molecule has 2 nitrogen and oxygen atoms in total. The summed E-state index contributed by atoms with van der Waals surface area (Å²) in [7, 11) is 4.28. The van der Waals surface area contributed by atoms with E-state index in [1.807, 2.05) is 18.4 Å². The molecular formula is C15H20N2S. The molecule has 1 aliphatic rings. The van der Waals surface area contributed by atoms with E-state index in [4.69, 9.17) is 0 Å². The van der Waals surface area contributed by atoms with E-state index in [1.54, 1.807) is 0 Å². The Balaban J connectivity index is 1.97. The predicted molar refractivity (Wildman–Crippen MR) is 79.1 cm³/mol. The largest absolute Gasteiger partial charge is 0.315 e. The lowest BCUT2D eigenvalue weighted by atomic mass is 10.1. The molecule has 0 bridgehead atoms. The summed E-state index contributed by atoms with van der Waals surface area (Å²) in [6.07, 6.45) is 2.75. The second-order valence-corrected chi connectivity index (χ2v) is 6.31. The molecule has 0 radical (unpaired) electrons. The molecule has 1 aromatic heterocycles. The highest BCUT2D eigenvalue weighted by atomic mass is 32.1. The lowest BCUT2D eigenvalue weighted by Gasteiger charge is -2.16. The van der Waals surface area contributed by atoms with Crippen LogP contribution >= 0.6 is 11.3 Å². The van der Waals surface area contributed by atoms with Gasteiger partial charge in [0.05, 0.1) is 0 Å². The molecule has 3 rings (SSSR count). The minimum absolute atomic E-state index is 0.825. The van der Waals surface area contributed by atoms with Gasteiger partial charge in [-0.15, -0.1) is 11.3 Å². The smallest absolute Gasteiger partial charge is 0.0349 e. The molecule has 1 fully saturated rings. The van der Waals surface area contributed by atoms with E-state index in [9.17, 15) is 0 Å². The van der Waals surface area contributed by atoms with Crippen molar-refractivity contribution in [1.82, 2.24) is 10.2 Å². The van der Waals surface area contributed by atoms with Gasteiger partial charge in [-0.05, 0) is 44.0 Å². The van der Waals surface area contributed by atoms with Crippen LogP contribution in [0.2, 0.25) is 0 Å². The minimum Gasteiger partial charge on any atom is -0.315 e. The summed E-state index contributed by atoms with van der Waals surface area (Å²) in [4.78, 5) is 4.00. The van der Waals surface area contributed by atoms with Crippen LogP contribution in [-0.2, 0) is 13.1 Å². The first-order valence-electron chi connectivity index (χ1n) is 6.63. The van der Waals surface area contributed by atoms with Crippen molar-refractivity contribution in [3.05, 3.63) is 34.7 Å². The molecule has 18 heavy (non-hydrogen) atoms. The van der Waals surface area contributed by atoms with Crippen molar-refractivity contribution >= 4 is 21.4 Å². The Labute approximate surface area is 113 Å². The van der Waals surface area contributed by atoms with E-state index < -0.39 is 0 Å². The van der Waals surface area contributed by atoms with Crippen molar-refractivity contribution in [2.75, 3.05) is 14.1 Å². The van der Waals surface area contributed by atoms with Gasteiger partial charge in [0.2, 0.25) is 0 Å². The average Bonchev–Trinajstić information content (AvgIpc) is 3.16. The van der Waals surface area contributed by atoms with E-state index in [2.05, 4.69) is 41.5 Å². The van der Waals surface area contributed by atoms with E-state index in [0.29, 0.717) is 0 Å². The molecule has 0 spiro atoms. The third-order valence-electron chi connectivity index (χ3n) is 3.70. The summed E-state index contributed by atoms with van der Waals surface area (Å²) in [5, 5.41) is 4.74. The van der Waals surface area contributed by atoms with Gasteiger partial charge in [-0.2, -0.15) is 0 Å². The first-order chi connectivity index (χ1) is 8.79. The van der Waals surface area contributed by atoms with Crippen LogP contribution in [0.3, 0.4) is 0 Å². The summed E-state index contributed by atoms with van der Waals surface area (Å²) >= 11 is 1.93. The zero-order chi connectivity index (χ0) is 12.5. The number of fused-ring (bicyclic) bond motifs is 1. The quantitative estimate of drug-likeness (QED) is 0.888. The van der Waals surface area contributed by atoms with Crippen LogP contribution in [-0.4, -0.2) is 25.0 Å². The molecule has 0 saturated heterocycles. The fourth-order valence-corrected chi connectivity index (χ4v) is 3.75. The number of benzene rings is 1. The Morgan fingerprint density at radius 3 is 2.83 bits per heavy atom. The first-order valence-corrected chi connectivity index (χ1v) is 7.45. The van der Waals surface area contributed by atoms with Gasteiger partial charge in [-0.25, -0.2) is 0 Å². The maximum Gasteiger partial charge on any atom is 0.0349 e. The fraction of sp³-hybridized carbons (Fsp3) is 0.467. The minimum atomic E-state index is 0.825. The van der Waals surface area contributed by atoms with Crippen LogP contribution in [0, 0.1) is 0 Å². The summed E-state index contributed by atoms with van der Waals surface area (Å²) in [5.41, 5.74) is 1.53. The molecule has 3 heteroatoms. The number of nitrogens with zero attached hydrogens (tertiary/aromatic N) is 1. The molecular weight excluding hydrogens is 240 g/mol. The highest BCUT2D eigenvalue weighted by Crippen LogP contribution is 2.34. The monoisotopic (exact) mass is 260 g/mol. The molecule has 96 valence electrons. The predicted octanol–water partition coefficient (Wildman–Crippen LogP) is 3.21. The maximum absolute atomic E-state index is 3.30. The molecule has 0 aliphatic heterocycles. The van der Waals surface area contributed by atoms with Crippen LogP contribution in [0.5, 0.6) is 0 Å². The molecule has 0 amide bonds. The summed E-state index contributed by atoms with van der Waals surface area (Å²) in [6.45, 7) is 2.07. The van der Waals surface area contributed by atoms with Crippen molar-refractivity contribution in [2.24, 2.45) is 0 Å². The summed E-state index contributed by atoms with van der Waals surface area (Å²) in [6, 6.07) is 9.61. The Bertz CT molecular complexity index is 542. The SMILES string of the molecule is CNCc1sc2ccccc2c1CN(C)C1CC1. The normalized spacial score (nSPS) is 15.7. The Hall–Kier alpha value is -0.900. The lowest BCUT2D eigenvalue weighted by molar-refractivity contribution is 0.317. The summed E-state index contributed by atoms with van der Waals surface area (Å²) < 4.78 is 1.42. The third kappa shape index (κ3) is 2.30. The maximum atomic E-state index is 3.30. The Morgan fingerprint density at radius 2 is 2.11 bits per heavy atom. The van der Waals surface area contributed by atoms with Gasteiger partial charge in [0.1, 0.15) is 0 Å². The molecule has 2 aromatic rings. The van der Waals surface area contributed by atoms with Gasteiger partial charge in [0, 0.05) is 28.7 Å². The molecule has 1 heterocycles. The topological polar surface area (TPSA) is 15.3 Å². The molecule has 1 saturated carbocycles. The number of hydrogen-bond acceptors (Lipinski definition) is 3. The molecule has 1 N–H and O–H groups in total. The zero-order valence-corrected chi connectivity index (χ0v) is 11.9. The van der Waals surface area contributed by atoms with Crippen LogP contribution in [0.1, 0.15) is 23.3 Å². The second kappa shape index (κ2) is 5.00. The van der Waals surface area contributed by atoms with Gasteiger partial charge < -0.3 is 5.32 Å². The van der Waals surface area contributed by atoms with Crippen LogP contribution < -0.4 is 5.32 Å². The van der Waals surface area contributed by atoms with Crippen molar-refractivity contribution < 1.29 is 0 Å². The lowest BCUT2D eigenvalue weighted by Crippen LogP contribution is -2.21. The van der Waals surface area contributed by atoms with Crippen molar-refractivity contribution in [2.45, 2.75) is 32.0 Å². The van der Waals surface area contributed by atoms with Gasteiger partial charge in [0.25, 0.3) is 0 Å². The number of rotatable bonds is 5. The Kier molecular flexibility index (Phi) is 3.37. The first kappa shape index (κ1) is 12.2. The van der Waals surface area contributed by atoms with Crippen LogP contribution in [0.4, 0.5) is 0 Å². The molecule has 1 aromatic carbocycles.